The van der Waals surface area contributed by atoms with E-state index < -0.39 is 18.6 Å². The maximum absolute atomic E-state index is 12.7. The molecular weight excluding hydrogens is 309 g/mol. The van der Waals surface area contributed by atoms with Gasteiger partial charge in [0.1, 0.15) is 6.54 Å². The predicted octanol–water partition coefficient (Wildman–Crippen LogP) is 2.68. The van der Waals surface area contributed by atoms with E-state index in [2.05, 4.69) is 0 Å². The quantitative estimate of drug-likeness (QED) is 0.774. The van der Waals surface area contributed by atoms with Crippen molar-refractivity contribution in [3.05, 3.63) is 0 Å². The van der Waals surface area contributed by atoms with Crippen molar-refractivity contribution in [2.24, 2.45) is 5.92 Å². The summed E-state index contributed by atoms with van der Waals surface area (Å²) < 4.78 is 44.0. The number of amides is 1. The number of nitrogens with zero attached hydrogens (tertiary/aromatic N) is 2. The number of fused-ring (bicyclic) bond motifs is 1. The second kappa shape index (κ2) is 7.83. The van der Waals surface area contributed by atoms with E-state index >= 15 is 0 Å². The molecule has 0 N–H and O–H groups in total. The molecule has 1 heterocycles. The third-order valence-corrected chi connectivity index (χ3v) is 4.49. The van der Waals surface area contributed by atoms with Gasteiger partial charge in [0.05, 0.1) is 19.3 Å². The van der Waals surface area contributed by atoms with E-state index in [0.717, 1.165) is 30.6 Å². The maximum atomic E-state index is 12.7. The molecule has 2 atom stereocenters. The molecule has 1 aliphatic heterocycles. The lowest BCUT2D eigenvalue weighted by molar-refractivity contribution is -0.165. The first kappa shape index (κ1) is 18.5. The van der Waals surface area contributed by atoms with E-state index in [9.17, 15) is 18.0 Å². The summed E-state index contributed by atoms with van der Waals surface area (Å²) in [6.07, 6.45) is -0.0754. The van der Waals surface area contributed by atoms with Crippen LogP contribution in [0.25, 0.3) is 0 Å². The molecule has 1 saturated carbocycles. The van der Waals surface area contributed by atoms with Crippen molar-refractivity contribution in [1.82, 2.24) is 9.80 Å². The lowest BCUT2D eigenvalue weighted by atomic mass is 9.90. The third-order valence-electron chi connectivity index (χ3n) is 4.49. The molecule has 23 heavy (non-hydrogen) atoms. The van der Waals surface area contributed by atoms with Crippen LogP contribution in [0, 0.1) is 5.92 Å². The van der Waals surface area contributed by atoms with Crippen LogP contribution in [0.3, 0.4) is 0 Å². The van der Waals surface area contributed by atoms with E-state index in [-0.39, 0.29) is 31.2 Å². The topological polar surface area (TPSA) is 32.8 Å². The number of hydrogen-bond donors (Lipinski definition) is 0. The van der Waals surface area contributed by atoms with Gasteiger partial charge >= 0.3 is 6.18 Å². The summed E-state index contributed by atoms with van der Waals surface area (Å²) >= 11 is 0. The van der Waals surface area contributed by atoms with E-state index in [1.54, 1.807) is 0 Å². The van der Waals surface area contributed by atoms with Gasteiger partial charge in [-0.05, 0) is 18.8 Å². The zero-order valence-electron chi connectivity index (χ0n) is 13.9. The minimum Gasteiger partial charge on any atom is -0.375 e. The number of carbonyl (C=O) groups is 1. The van der Waals surface area contributed by atoms with Crippen molar-refractivity contribution in [3.63, 3.8) is 0 Å². The van der Waals surface area contributed by atoms with E-state index in [1.807, 2.05) is 18.7 Å². The average Bonchev–Trinajstić information content (AvgIpc) is 2.45. The Morgan fingerprint density at radius 1 is 1.30 bits per heavy atom. The van der Waals surface area contributed by atoms with Crippen LogP contribution in [0.15, 0.2) is 0 Å². The van der Waals surface area contributed by atoms with E-state index in [4.69, 9.17) is 4.74 Å². The Labute approximate surface area is 135 Å². The first-order chi connectivity index (χ1) is 10.8. The Kier molecular flexibility index (Phi) is 6.31. The highest BCUT2D eigenvalue weighted by molar-refractivity contribution is 5.78. The van der Waals surface area contributed by atoms with Crippen molar-refractivity contribution in [3.8, 4) is 0 Å². The Balaban J connectivity index is 1.98. The fourth-order valence-electron chi connectivity index (χ4n) is 3.56. The molecule has 2 aliphatic rings. The second-order valence-corrected chi connectivity index (χ2v) is 7.01. The van der Waals surface area contributed by atoms with E-state index in [0.29, 0.717) is 13.2 Å². The van der Waals surface area contributed by atoms with Gasteiger partial charge in [-0.25, -0.2) is 0 Å². The van der Waals surface area contributed by atoms with Crippen molar-refractivity contribution >= 4 is 5.91 Å². The summed E-state index contributed by atoms with van der Waals surface area (Å²) in [5.41, 5.74) is 0. The van der Waals surface area contributed by atoms with Crippen LogP contribution in [0.4, 0.5) is 13.2 Å². The minimum absolute atomic E-state index is 0.00779. The highest BCUT2D eigenvalue weighted by atomic mass is 19.4. The number of rotatable bonds is 5. The van der Waals surface area contributed by atoms with Gasteiger partial charge in [-0.2, -0.15) is 13.2 Å². The zero-order valence-corrected chi connectivity index (χ0v) is 13.9. The lowest BCUT2D eigenvalue weighted by Gasteiger charge is -2.44. The molecule has 0 spiro atoms. The molecule has 0 aromatic heterocycles. The summed E-state index contributed by atoms with van der Waals surface area (Å²) in [7, 11) is 0. The Morgan fingerprint density at radius 2 is 2.00 bits per heavy atom. The monoisotopic (exact) mass is 336 g/mol. The molecule has 1 aliphatic carbocycles. The highest BCUT2D eigenvalue weighted by Gasteiger charge is 2.37. The minimum atomic E-state index is -4.36. The van der Waals surface area contributed by atoms with Crippen molar-refractivity contribution < 1.29 is 22.7 Å². The maximum Gasteiger partial charge on any atom is 0.406 e. The van der Waals surface area contributed by atoms with Gasteiger partial charge in [0.25, 0.3) is 0 Å². The lowest BCUT2D eigenvalue weighted by Crippen LogP contribution is -2.56. The van der Waals surface area contributed by atoms with Gasteiger partial charge in [-0.1, -0.05) is 26.7 Å². The smallest absolute Gasteiger partial charge is 0.375 e. The fourth-order valence-corrected chi connectivity index (χ4v) is 3.56. The van der Waals surface area contributed by atoms with Crippen LogP contribution in [-0.4, -0.2) is 66.8 Å². The van der Waals surface area contributed by atoms with E-state index in [1.165, 1.54) is 0 Å². The van der Waals surface area contributed by atoms with Gasteiger partial charge in [0, 0.05) is 19.1 Å². The first-order valence-corrected chi connectivity index (χ1v) is 8.46. The van der Waals surface area contributed by atoms with Crippen LogP contribution >= 0.6 is 0 Å². The zero-order chi connectivity index (χ0) is 17.0. The summed E-state index contributed by atoms with van der Waals surface area (Å²) in [5, 5.41) is 0. The molecule has 0 aromatic rings. The normalized spacial score (nSPS) is 26.2. The van der Waals surface area contributed by atoms with Crippen LogP contribution < -0.4 is 0 Å². The molecule has 2 rings (SSSR count). The number of ether oxygens (including phenoxy) is 1. The van der Waals surface area contributed by atoms with Crippen LogP contribution in [0.2, 0.25) is 0 Å². The third kappa shape index (κ3) is 5.64. The molecule has 2 fully saturated rings. The Bertz CT molecular complexity index is 399. The van der Waals surface area contributed by atoms with Gasteiger partial charge in [0.15, 0.2) is 0 Å². The largest absolute Gasteiger partial charge is 0.406 e. The highest BCUT2D eigenvalue weighted by Crippen LogP contribution is 2.28. The molecule has 1 amide bonds. The average molecular weight is 336 g/mol. The van der Waals surface area contributed by atoms with Crippen molar-refractivity contribution in [1.29, 1.82) is 0 Å². The summed E-state index contributed by atoms with van der Waals surface area (Å²) in [6.45, 7) is 3.85. The van der Waals surface area contributed by atoms with Crippen LogP contribution in [0.1, 0.15) is 39.5 Å². The molecular formula is C16H27F3N2O2. The van der Waals surface area contributed by atoms with Gasteiger partial charge in [-0.15, -0.1) is 0 Å². The molecule has 134 valence electrons. The molecule has 0 radical (unpaired) electrons. The summed E-state index contributed by atoms with van der Waals surface area (Å²) in [5.74, 6) is -0.421. The predicted molar refractivity (Wildman–Crippen MR) is 81.0 cm³/mol. The SMILES string of the molecule is CC(C)CN(CC(F)(F)F)C(=O)CN1CCOC2CCCCC21. The number of carbonyl (C=O) groups excluding carboxylic acids is 1. The first-order valence-electron chi connectivity index (χ1n) is 8.46. The van der Waals surface area contributed by atoms with Crippen molar-refractivity contribution in [2.75, 3.05) is 32.8 Å². The number of halogens is 3. The molecule has 7 heteroatoms. The fraction of sp³-hybridized carbons (Fsp3) is 0.938. The second-order valence-electron chi connectivity index (χ2n) is 7.01. The molecule has 2 unspecified atom stereocenters. The summed E-state index contributed by atoms with van der Waals surface area (Å²) in [4.78, 5) is 15.4. The molecule has 0 aromatic carbocycles. The summed E-state index contributed by atoms with van der Waals surface area (Å²) in [6, 6.07) is 0.174. The number of morpholine rings is 1. The molecule has 1 saturated heterocycles. The Hall–Kier alpha value is -0.820. The van der Waals surface area contributed by atoms with Gasteiger partial charge in [-0.3, -0.25) is 9.69 Å². The van der Waals surface area contributed by atoms with Gasteiger partial charge < -0.3 is 9.64 Å². The Morgan fingerprint density at radius 3 is 2.65 bits per heavy atom. The van der Waals surface area contributed by atoms with Gasteiger partial charge in [0.2, 0.25) is 5.91 Å². The number of alkyl halides is 3. The van der Waals surface area contributed by atoms with Crippen LogP contribution in [0.5, 0.6) is 0 Å². The molecule has 0 bridgehead atoms. The standard InChI is InChI=1S/C16H27F3N2O2/c1-12(2)9-21(11-16(17,18)19)15(22)10-20-7-8-23-14-6-4-3-5-13(14)20/h12-14H,3-11H2,1-2H3. The molecule has 4 nitrogen and oxygen atoms in total. The van der Waals surface area contributed by atoms with Crippen LogP contribution in [-0.2, 0) is 9.53 Å². The van der Waals surface area contributed by atoms with Crippen molar-refractivity contribution in [2.45, 2.75) is 57.9 Å². The number of hydrogen-bond acceptors (Lipinski definition) is 3.